The second-order valence-corrected chi connectivity index (χ2v) is 6.46. The Bertz CT molecular complexity index is 602. The van der Waals surface area contributed by atoms with E-state index in [2.05, 4.69) is 15.3 Å². The molecule has 0 unspecified atom stereocenters. The van der Waals surface area contributed by atoms with Gasteiger partial charge in [0.25, 0.3) is 0 Å². The second-order valence-electron chi connectivity index (χ2n) is 6.46. The van der Waals surface area contributed by atoms with Gasteiger partial charge in [0, 0.05) is 26.1 Å². The quantitative estimate of drug-likeness (QED) is 0.883. The van der Waals surface area contributed by atoms with E-state index in [1.54, 1.807) is 11.9 Å². The van der Waals surface area contributed by atoms with Crippen molar-refractivity contribution in [2.24, 2.45) is 5.92 Å². The van der Waals surface area contributed by atoms with E-state index in [1.807, 2.05) is 0 Å². The molecule has 1 aromatic heterocycles. The largest absolute Gasteiger partial charge is 0.460 e. The monoisotopic (exact) mass is 336 g/mol. The Morgan fingerprint density at radius 3 is 2.54 bits per heavy atom. The van der Waals surface area contributed by atoms with E-state index in [4.69, 9.17) is 4.74 Å². The van der Waals surface area contributed by atoms with E-state index in [1.165, 1.54) is 0 Å². The van der Waals surface area contributed by atoms with Crippen LogP contribution in [0.1, 0.15) is 32.1 Å². The number of carbonyl (C=O) groups is 2. The van der Waals surface area contributed by atoms with Crippen molar-refractivity contribution < 1.29 is 18.7 Å². The fourth-order valence-corrected chi connectivity index (χ4v) is 3.19. The van der Waals surface area contributed by atoms with Gasteiger partial charge in [-0.3, -0.25) is 9.59 Å². The summed E-state index contributed by atoms with van der Waals surface area (Å²) in [6.45, 7) is 0.491. The molecule has 1 saturated carbocycles. The molecule has 24 heavy (non-hydrogen) atoms. The number of hydrogen-bond donors (Lipinski definition) is 1. The van der Waals surface area contributed by atoms with E-state index in [0.29, 0.717) is 13.0 Å². The molecule has 1 saturated heterocycles. The van der Waals surface area contributed by atoms with Crippen LogP contribution in [0.5, 0.6) is 6.01 Å². The molecule has 1 N–H and O–H groups in total. The van der Waals surface area contributed by atoms with Crippen molar-refractivity contribution in [1.82, 2.24) is 20.2 Å². The SMILES string of the molecule is CN1C[C@@H](C(=O)NC2CCC(Oc3ncc(F)cn3)CC2)CC1=O. The molecule has 0 aromatic carbocycles. The molecular formula is C16H21FN4O3. The number of amides is 2. The Hall–Kier alpha value is -2.25. The van der Waals surface area contributed by atoms with E-state index >= 15 is 0 Å². The molecule has 0 radical (unpaired) electrons. The van der Waals surface area contributed by atoms with E-state index < -0.39 is 5.82 Å². The number of hydrogen-bond acceptors (Lipinski definition) is 5. The number of carbonyl (C=O) groups excluding carboxylic acids is 2. The number of nitrogens with one attached hydrogen (secondary N) is 1. The number of halogens is 1. The highest BCUT2D eigenvalue weighted by Gasteiger charge is 2.33. The molecule has 1 aliphatic heterocycles. The first kappa shape index (κ1) is 16.6. The molecule has 3 rings (SSSR count). The van der Waals surface area contributed by atoms with Gasteiger partial charge in [0.1, 0.15) is 6.10 Å². The Labute approximate surface area is 139 Å². The van der Waals surface area contributed by atoms with E-state index in [9.17, 15) is 14.0 Å². The topological polar surface area (TPSA) is 84.4 Å². The van der Waals surface area contributed by atoms with Gasteiger partial charge in [-0.1, -0.05) is 0 Å². The first-order chi connectivity index (χ1) is 11.5. The third-order valence-corrected chi connectivity index (χ3v) is 4.60. The first-order valence-corrected chi connectivity index (χ1v) is 8.20. The van der Waals surface area contributed by atoms with Crippen LogP contribution in [0.15, 0.2) is 12.4 Å². The summed E-state index contributed by atoms with van der Waals surface area (Å²) in [6.07, 6.45) is 5.57. The summed E-state index contributed by atoms with van der Waals surface area (Å²) in [7, 11) is 1.72. The van der Waals surface area contributed by atoms with Crippen molar-refractivity contribution in [2.75, 3.05) is 13.6 Å². The van der Waals surface area contributed by atoms with Crippen molar-refractivity contribution >= 4 is 11.8 Å². The van der Waals surface area contributed by atoms with Gasteiger partial charge in [-0.05, 0) is 25.7 Å². The zero-order valence-corrected chi connectivity index (χ0v) is 13.6. The van der Waals surface area contributed by atoms with Crippen LogP contribution < -0.4 is 10.1 Å². The molecule has 2 fully saturated rings. The summed E-state index contributed by atoms with van der Waals surface area (Å²) in [5, 5.41) is 3.04. The summed E-state index contributed by atoms with van der Waals surface area (Å²) in [6, 6.07) is 0.281. The maximum Gasteiger partial charge on any atom is 0.316 e. The average molecular weight is 336 g/mol. The van der Waals surface area contributed by atoms with Crippen LogP contribution in [0.4, 0.5) is 4.39 Å². The fraction of sp³-hybridized carbons (Fsp3) is 0.625. The Morgan fingerprint density at radius 1 is 1.29 bits per heavy atom. The Balaban J connectivity index is 1.43. The third kappa shape index (κ3) is 3.98. The van der Waals surface area contributed by atoms with Crippen LogP contribution >= 0.6 is 0 Å². The molecule has 7 nitrogen and oxygen atoms in total. The second kappa shape index (κ2) is 7.11. The van der Waals surface area contributed by atoms with Crippen molar-refractivity contribution in [3.63, 3.8) is 0 Å². The normalized spacial score (nSPS) is 27.2. The van der Waals surface area contributed by atoms with Gasteiger partial charge in [0.05, 0.1) is 18.3 Å². The Kier molecular flexibility index (Phi) is 4.92. The number of likely N-dealkylation sites (tertiary alicyclic amines) is 1. The highest BCUT2D eigenvalue weighted by atomic mass is 19.1. The lowest BCUT2D eigenvalue weighted by Crippen LogP contribution is -2.43. The zero-order chi connectivity index (χ0) is 17.1. The molecule has 8 heteroatoms. The summed E-state index contributed by atoms with van der Waals surface area (Å²) in [5.41, 5.74) is 0. The maximum atomic E-state index is 12.8. The van der Waals surface area contributed by atoms with Crippen LogP contribution in [0.25, 0.3) is 0 Å². The predicted octanol–water partition coefficient (Wildman–Crippen LogP) is 0.900. The fourth-order valence-electron chi connectivity index (χ4n) is 3.19. The molecule has 0 spiro atoms. The number of ether oxygens (including phenoxy) is 1. The lowest BCUT2D eigenvalue weighted by molar-refractivity contribution is -0.128. The van der Waals surface area contributed by atoms with Gasteiger partial charge < -0.3 is 15.0 Å². The van der Waals surface area contributed by atoms with Crippen LogP contribution in [0.3, 0.4) is 0 Å². The summed E-state index contributed by atoms with van der Waals surface area (Å²) >= 11 is 0. The summed E-state index contributed by atoms with van der Waals surface area (Å²) in [5.74, 6) is -0.764. The van der Waals surface area contributed by atoms with Crippen LogP contribution in [-0.2, 0) is 9.59 Å². The van der Waals surface area contributed by atoms with Gasteiger partial charge in [0.15, 0.2) is 5.82 Å². The van der Waals surface area contributed by atoms with E-state index in [-0.39, 0.29) is 35.9 Å². The predicted molar refractivity (Wildman–Crippen MR) is 82.5 cm³/mol. The van der Waals surface area contributed by atoms with Gasteiger partial charge >= 0.3 is 6.01 Å². The zero-order valence-electron chi connectivity index (χ0n) is 13.6. The Morgan fingerprint density at radius 2 is 1.96 bits per heavy atom. The van der Waals surface area contributed by atoms with E-state index in [0.717, 1.165) is 38.1 Å². The van der Waals surface area contributed by atoms with Crippen molar-refractivity contribution in [1.29, 1.82) is 0 Å². The van der Waals surface area contributed by atoms with Crippen molar-refractivity contribution in [2.45, 2.75) is 44.2 Å². The van der Waals surface area contributed by atoms with Gasteiger partial charge in [-0.2, -0.15) is 0 Å². The van der Waals surface area contributed by atoms with Crippen LogP contribution in [0, 0.1) is 11.7 Å². The number of rotatable bonds is 4. The molecular weight excluding hydrogens is 315 g/mol. The lowest BCUT2D eigenvalue weighted by Gasteiger charge is -2.29. The number of nitrogens with zero attached hydrogens (tertiary/aromatic N) is 3. The van der Waals surface area contributed by atoms with Gasteiger partial charge in [-0.15, -0.1) is 0 Å². The van der Waals surface area contributed by atoms with Gasteiger partial charge in [-0.25, -0.2) is 14.4 Å². The molecule has 2 aliphatic rings. The minimum Gasteiger partial charge on any atom is -0.460 e. The standard InChI is InChI=1S/C16H21FN4O3/c1-21-9-10(6-14(21)22)15(23)20-12-2-4-13(5-3-12)24-16-18-7-11(17)8-19-16/h7-8,10,12-13H,2-6,9H2,1H3,(H,20,23)/t10-,12?,13?/m0/s1. The highest BCUT2D eigenvalue weighted by molar-refractivity contribution is 5.89. The minimum atomic E-state index is -0.496. The molecule has 130 valence electrons. The molecule has 2 amide bonds. The van der Waals surface area contributed by atoms with Crippen molar-refractivity contribution in [3.05, 3.63) is 18.2 Å². The average Bonchev–Trinajstić information content (AvgIpc) is 2.91. The van der Waals surface area contributed by atoms with Crippen molar-refractivity contribution in [3.8, 4) is 6.01 Å². The number of aromatic nitrogens is 2. The van der Waals surface area contributed by atoms with Crippen LogP contribution in [-0.4, -0.2) is 52.4 Å². The molecule has 1 atom stereocenters. The lowest BCUT2D eigenvalue weighted by atomic mass is 9.92. The van der Waals surface area contributed by atoms with Crippen LogP contribution in [0.2, 0.25) is 0 Å². The highest BCUT2D eigenvalue weighted by Crippen LogP contribution is 2.23. The summed E-state index contributed by atoms with van der Waals surface area (Å²) in [4.78, 5) is 32.9. The maximum absolute atomic E-state index is 12.8. The molecule has 0 bridgehead atoms. The third-order valence-electron chi connectivity index (χ3n) is 4.60. The molecule has 1 aliphatic carbocycles. The smallest absolute Gasteiger partial charge is 0.316 e. The van der Waals surface area contributed by atoms with Gasteiger partial charge in [0.2, 0.25) is 11.8 Å². The first-order valence-electron chi connectivity index (χ1n) is 8.20. The minimum absolute atomic E-state index is 0.0200. The molecule has 2 heterocycles. The molecule has 1 aromatic rings. The summed E-state index contributed by atoms with van der Waals surface area (Å²) < 4.78 is 18.4.